The van der Waals surface area contributed by atoms with Crippen LogP contribution in [0.4, 0.5) is 21.8 Å². The topological polar surface area (TPSA) is 137 Å². The number of amides is 1. The van der Waals surface area contributed by atoms with Crippen molar-refractivity contribution in [3.05, 3.63) is 64.2 Å². The van der Waals surface area contributed by atoms with Crippen LogP contribution in [0.2, 0.25) is 0 Å². The minimum Gasteiger partial charge on any atom is -0.495 e. The van der Waals surface area contributed by atoms with Crippen LogP contribution in [0.25, 0.3) is 10.9 Å². The molecular formula is C31H34FN7O6S. The predicted molar refractivity (Wildman–Crippen MR) is 172 cm³/mol. The maximum atomic E-state index is 15.2. The Morgan fingerprint density at radius 1 is 0.978 bits per heavy atom. The Morgan fingerprint density at radius 2 is 1.65 bits per heavy atom. The zero-order valence-corrected chi connectivity index (χ0v) is 26.3. The number of hydrogen-bond donors (Lipinski definition) is 1. The number of nitrogens with zero attached hydrogens (tertiary/aromatic N) is 7. The van der Waals surface area contributed by atoms with Crippen molar-refractivity contribution < 1.29 is 28.2 Å². The van der Waals surface area contributed by atoms with E-state index in [4.69, 9.17) is 9.15 Å². The molecule has 2 aliphatic rings. The largest absolute Gasteiger partial charge is 0.495 e. The highest BCUT2D eigenvalue weighted by molar-refractivity contribution is 7.99. The van der Waals surface area contributed by atoms with E-state index in [1.165, 1.54) is 18.0 Å². The number of hydrogen-bond acceptors (Lipinski definition) is 11. The zero-order valence-electron chi connectivity index (χ0n) is 25.5. The number of aromatic nitrogens is 3. The molecule has 46 heavy (non-hydrogen) atoms. The molecule has 0 radical (unpaired) electrons. The number of aromatic carboxylic acids is 1. The van der Waals surface area contributed by atoms with Crippen LogP contribution in [-0.2, 0) is 11.3 Å². The Labute approximate surface area is 268 Å². The van der Waals surface area contributed by atoms with Gasteiger partial charge in [-0.1, -0.05) is 34.1 Å². The number of anilines is 3. The van der Waals surface area contributed by atoms with Crippen LogP contribution in [0.3, 0.4) is 0 Å². The van der Waals surface area contributed by atoms with Crippen molar-refractivity contribution in [3.8, 4) is 5.75 Å². The lowest BCUT2D eigenvalue weighted by Gasteiger charge is -2.36. The summed E-state index contributed by atoms with van der Waals surface area (Å²) in [5.41, 5.74) is 0.699. The molecule has 0 aliphatic carbocycles. The number of aryl methyl sites for hydroxylation is 1. The van der Waals surface area contributed by atoms with E-state index in [9.17, 15) is 19.5 Å². The van der Waals surface area contributed by atoms with E-state index in [-0.39, 0.29) is 17.0 Å². The second-order valence-electron chi connectivity index (χ2n) is 10.9. The lowest BCUT2D eigenvalue weighted by atomic mass is 10.1. The van der Waals surface area contributed by atoms with Gasteiger partial charge in [0.2, 0.25) is 11.3 Å². The maximum absolute atomic E-state index is 15.2. The number of benzene rings is 2. The van der Waals surface area contributed by atoms with Crippen molar-refractivity contribution in [2.75, 3.05) is 79.9 Å². The Kier molecular flexibility index (Phi) is 9.01. The summed E-state index contributed by atoms with van der Waals surface area (Å²) in [7, 11) is 1.67. The van der Waals surface area contributed by atoms with E-state index in [2.05, 4.69) is 15.1 Å². The highest BCUT2D eigenvalue weighted by Crippen LogP contribution is 2.30. The number of piperazine rings is 2. The van der Waals surface area contributed by atoms with E-state index in [0.29, 0.717) is 68.3 Å². The van der Waals surface area contributed by atoms with E-state index < -0.39 is 22.8 Å². The van der Waals surface area contributed by atoms with Gasteiger partial charge < -0.3 is 38.4 Å². The molecule has 0 bridgehead atoms. The molecule has 1 N–H and O–H groups in total. The van der Waals surface area contributed by atoms with Crippen molar-refractivity contribution in [2.45, 2.75) is 18.7 Å². The summed E-state index contributed by atoms with van der Waals surface area (Å²) in [6.07, 6.45) is 1.29. The van der Waals surface area contributed by atoms with Crippen molar-refractivity contribution in [3.63, 3.8) is 0 Å². The number of carbonyl (C=O) groups excluding carboxylic acids is 1. The Hall–Kier alpha value is -4.79. The molecule has 4 aromatic rings. The molecule has 2 aromatic carbocycles. The Balaban J connectivity index is 1.02. The smallest absolute Gasteiger partial charge is 0.341 e. The van der Waals surface area contributed by atoms with Crippen molar-refractivity contribution in [1.82, 2.24) is 19.7 Å². The van der Waals surface area contributed by atoms with E-state index >= 15 is 4.39 Å². The minimum absolute atomic E-state index is 0.0214. The summed E-state index contributed by atoms with van der Waals surface area (Å²) < 4.78 is 28.2. The quantitative estimate of drug-likeness (QED) is 0.266. The number of carboxylic acid groups (broad SMARTS) is 1. The summed E-state index contributed by atoms with van der Waals surface area (Å²) in [5.74, 6) is -1.09. The summed E-state index contributed by atoms with van der Waals surface area (Å²) in [5, 5.41) is 18.1. The van der Waals surface area contributed by atoms with Gasteiger partial charge in [0, 0.05) is 70.5 Å². The molecule has 0 unspecified atom stereocenters. The summed E-state index contributed by atoms with van der Waals surface area (Å²) in [6.45, 7) is 6.73. The van der Waals surface area contributed by atoms with Gasteiger partial charge in [0.05, 0.1) is 29.8 Å². The predicted octanol–water partition coefficient (Wildman–Crippen LogP) is 3.02. The van der Waals surface area contributed by atoms with Crippen molar-refractivity contribution >= 4 is 51.9 Å². The van der Waals surface area contributed by atoms with Gasteiger partial charge in [0.15, 0.2) is 0 Å². The molecule has 2 aromatic heterocycles. The molecular weight excluding hydrogens is 617 g/mol. The average Bonchev–Trinajstić information content (AvgIpc) is 3.56. The first-order valence-corrected chi connectivity index (χ1v) is 16.0. The normalized spacial score (nSPS) is 15.5. The monoisotopic (exact) mass is 651 g/mol. The molecule has 4 heterocycles. The average molecular weight is 652 g/mol. The lowest BCUT2D eigenvalue weighted by Crippen LogP contribution is -2.49. The number of thioether (sulfide) groups is 1. The second kappa shape index (κ2) is 13.3. The van der Waals surface area contributed by atoms with Crippen molar-refractivity contribution in [2.24, 2.45) is 0 Å². The van der Waals surface area contributed by atoms with Crippen LogP contribution < -0.4 is 24.9 Å². The number of carboxylic acids is 1. The highest BCUT2D eigenvalue weighted by Gasteiger charge is 2.26. The third kappa shape index (κ3) is 6.18. The minimum atomic E-state index is -1.35. The van der Waals surface area contributed by atoms with E-state index in [1.54, 1.807) is 22.6 Å². The van der Waals surface area contributed by atoms with E-state index in [1.807, 2.05) is 41.0 Å². The number of pyridine rings is 1. The van der Waals surface area contributed by atoms with Gasteiger partial charge in [-0.3, -0.25) is 9.59 Å². The van der Waals surface area contributed by atoms with Crippen LogP contribution in [0, 0.1) is 5.82 Å². The van der Waals surface area contributed by atoms with Crippen LogP contribution in [0.15, 0.2) is 57.0 Å². The number of ether oxygens (including phenoxy) is 1. The molecule has 1 amide bonds. The molecule has 2 saturated heterocycles. The van der Waals surface area contributed by atoms with Gasteiger partial charge in [-0.05, 0) is 31.2 Å². The Morgan fingerprint density at radius 3 is 2.35 bits per heavy atom. The third-order valence-electron chi connectivity index (χ3n) is 8.38. The van der Waals surface area contributed by atoms with Crippen molar-refractivity contribution in [1.29, 1.82) is 0 Å². The first-order chi connectivity index (χ1) is 22.3. The van der Waals surface area contributed by atoms with Crippen LogP contribution in [0.1, 0.15) is 17.3 Å². The molecule has 0 atom stereocenters. The number of carbonyl (C=O) groups is 2. The van der Waals surface area contributed by atoms with Gasteiger partial charge in [-0.15, -0.1) is 0 Å². The first-order valence-electron chi connectivity index (χ1n) is 15.0. The molecule has 0 saturated carbocycles. The fourth-order valence-corrected chi connectivity index (χ4v) is 6.55. The van der Waals surface area contributed by atoms with Gasteiger partial charge in [0.1, 0.15) is 17.1 Å². The van der Waals surface area contributed by atoms with Crippen LogP contribution >= 0.6 is 11.8 Å². The van der Waals surface area contributed by atoms with Gasteiger partial charge in [-0.2, -0.15) is 0 Å². The Bertz CT molecular complexity index is 1810. The maximum Gasteiger partial charge on any atom is 0.341 e. The zero-order chi connectivity index (χ0) is 32.4. The fraction of sp³-hybridized carbons (Fsp3) is 0.387. The number of rotatable bonds is 9. The number of fused-ring (bicyclic) bond motifs is 1. The molecule has 6 rings (SSSR count). The summed E-state index contributed by atoms with van der Waals surface area (Å²) in [4.78, 5) is 45.0. The van der Waals surface area contributed by atoms with Gasteiger partial charge in [-0.25, -0.2) is 9.18 Å². The standard InChI is InChI=1S/C31H34FN7O6S/c1-3-35-18-21(29(42)43)28(41)20-16-22(32)25(17-24(20)35)37-8-12-38(13-9-37)27(40)19-46-31-34-33-30(45-31)39-14-10-36(11-15-39)23-6-4-5-7-26(23)44-2/h4-7,16-18H,3,8-15,19H2,1-2H3,(H,42,43). The lowest BCUT2D eigenvalue weighted by molar-refractivity contribution is -0.128. The van der Waals surface area contributed by atoms with Crippen LogP contribution in [-0.4, -0.2) is 102 Å². The second-order valence-corrected chi connectivity index (χ2v) is 11.9. The highest BCUT2D eigenvalue weighted by atomic mass is 32.2. The molecule has 0 spiro atoms. The van der Waals surface area contributed by atoms with Gasteiger partial charge in [0.25, 0.3) is 5.22 Å². The number of halogens is 1. The summed E-state index contributed by atoms with van der Waals surface area (Å²) in [6, 6.07) is 11.0. The van der Waals surface area contributed by atoms with Gasteiger partial charge >= 0.3 is 12.0 Å². The molecule has 13 nitrogen and oxygen atoms in total. The molecule has 242 valence electrons. The van der Waals surface area contributed by atoms with E-state index in [0.717, 1.165) is 30.6 Å². The number of methoxy groups -OCH3 is 1. The molecule has 15 heteroatoms. The SMILES string of the molecule is CCn1cc(C(=O)O)c(=O)c2cc(F)c(N3CCN(C(=O)CSc4nnc(N5CCN(c6ccccc6OC)CC5)o4)CC3)cc21. The summed E-state index contributed by atoms with van der Waals surface area (Å²) >= 11 is 1.19. The first kappa shape index (κ1) is 31.2. The molecule has 2 fully saturated rings. The third-order valence-corrected chi connectivity index (χ3v) is 9.19. The molecule has 2 aliphatic heterocycles. The van der Waals surface area contributed by atoms with Crippen LogP contribution in [0.5, 0.6) is 5.75 Å². The fourth-order valence-electron chi connectivity index (χ4n) is 5.89. The number of para-hydroxylation sites is 2.